The van der Waals surface area contributed by atoms with Crippen LogP contribution >= 0.6 is 0 Å². The van der Waals surface area contributed by atoms with Crippen LogP contribution in [-0.4, -0.2) is 43.1 Å². The van der Waals surface area contributed by atoms with E-state index in [9.17, 15) is 9.59 Å². The Hall–Kier alpha value is -1.26. The quantitative estimate of drug-likeness (QED) is 0.820. The van der Waals surface area contributed by atoms with E-state index in [0.717, 1.165) is 6.42 Å². The predicted octanol–water partition coefficient (Wildman–Crippen LogP) is 2.02. The molecule has 2 amide bonds. The highest BCUT2D eigenvalue weighted by Crippen LogP contribution is 2.11. The van der Waals surface area contributed by atoms with E-state index in [1.54, 1.807) is 19.0 Å². The van der Waals surface area contributed by atoms with E-state index in [2.05, 4.69) is 5.32 Å². The van der Waals surface area contributed by atoms with Crippen LogP contribution in [0.3, 0.4) is 0 Å². The molecule has 5 nitrogen and oxygen atoms in total. The fourth-order valence-corrected chi connectivity index (χ4v) is 1.53. The fraction of sp³-hybridized carbons (Fsp3) is 0.846. The fourth-order valence-electron chi connectivity index (χ4n) is 1.53. The van der Waals surface area contributed by atoms with Crippen LogP contribution < -0.4 is 5.32 Å². The zero-order valence-electron chi connectivity index (χ0n) is 12.4. The maximum Gasteiger partial charge on any atom is 0.407 e. The molecule has 0 saturated carbocycles. The Kier molecular flexibility index (Phi) is 6.73. The smallest absolute Gasteiger partial charge is 0.407 e. The van der Waals surface area contributed by atoms with Gasteiger partial charge in [-0.3, -0.25) is 4.79 Å². The number of carbonyl (C=O) groups is 2. The highest BCUT2D eigenvalue weighted by Gasteiger charge is 2.19. The lowest BCUT2D eigenvalue weighted by atomic mass is 10.0. The average Bonchev–Trinajstić information content (AvgIpc) is 2.20. The number of nitrogens with one attached hydrogen (secondary N) is 1. The summed E-state index contributed by atoms with van der Waals surface area (Å²) >= 11 is 0. The van der Waals surface area contributed by atoms with Crippen molar-refractivity contribution >= 4 is 12.0 Å². The number of ether oxygens (including phenoxy) is 1. The van der Waals surface area contributed by atoms with Crippen molar-refractivity contribution in [3.63, 3.8) is 0 Å². The number of carbonyl (C=O) groups excluding carboxylic acids is 2. The van der Waals surface area contributed by atoms with Crippen molar-refractivity contribution in [3.05, 3.63) is 0 Å². The molecule has 1 atom stereocenters. The molecule has 0 aromatic carbocycles. The van der Waals surface area contributed by atoms with E-state index in [0.29, 0.717) is 13.0 Å². The zero-order chi connectivity index (χ0) is 14.3. The molecule has 18 heavy (non-hydrogen) atoms. The van der Waals surface area contributed by atoms with Gasteiger partial charge in [0.25, 0.3) is 0 Å². The number of hydrogen-bond donors (Lipinski definition) is 1. The van der Waals surface area contributed by atoms with Crippen molar-refractivity contribution in [2.24, 2.45) is 5.92 Å². The molecular formula is C13H26N2O3. The first-order valence-corrected chi connectivity index (χ1v) is 6.35. The topological polar surface area (TPSA) is 58.6 Å². The second-order valence-corrected chi connectivity index (χ2v) is 5.56. The second-order valence-electron chi connectivity index (χ2n) is 5.56. The first-order chi connectivity index (χ1) is 8.17. The molecule has 5 heteroatoms. The van der Waals surface area contributed by atoms with Gasteiger partial charge in [0.15, 0.2) is 0 Å². The highest BCUT2D eigenvalue weighted by atomic mass is 16.6. The van der Waals surface area contributed by atoms with Crippen molar-refractivity contribution in [2.45, 2.75) is 46.1 Å². The van der Waals surface area contributed by atoms with Crippen LogP contribution in [0.4, 0.5) is 4.79 Å². The van der Waals surface area contributed by atoms with Crippen LogP contribution in [0.15, 0.2) is 0 Å². The molecule has 0 radical (unpaired) electrons. The van der Waals surface area contributed by atoms with Gasteiger partial charge in [-0.2, -0.15) is 0 Å². The number of nitrogens with zero attached hydrogens (tertiary/aromatic N) is 1. The molecule has 0 aliphatic heterocycles. The minimum Gasteiger partial charge on any atom is -0.444 e. The molecule has 0 bridgehead atoms. The Labute approximate surface area is 110 Å². The number of alkyl carbamates (subject to hydrolysis) is 1. The first kappa shape index (κ1) is 16.7. The summed E-state index contributed by atoms with van der Waals surface area (Å²) in [6, 6.07) is 0. The summed E-state index contributed by atoms with van der Waals surface area (Å²) in [5.74, 6) is 0.0541. The SMILES string of the molecule is CCC(CCNC(=O)OC(C)(C)C)C(=O)N(C)C. The standard InChI is InChI=1S/C13H26N2O3/c1-7-10(11(16)15(5)6)8-9-14-12(17)18-13(2,3)4/h10H,7-9H2,1-6H3,(H,14,17). The van der Waals surface area contributed by atoms with Gasteiger partial charge in [0.2, 0.25) is 5.91 Å². The van der Waals surface area contributed by atoms with E-state index in [4.69, 9.17) is 4.74 Å². The number of rotatable bonds is 5. The normalized spacial score (nSPS) is 12.8. The van der Waals surface area contributed by atoms with Gasteiger partial charge in [-0.05, 0) is 33.6 Å². The average molecular weight is 258 g/mol. The van der Waals surface area contributed by atoms with Crippen LogP contribution in [0.25, 0.3) is 0 Å². The third-order valence-electron chi connectivity index (χ3n) is 2.44. The van der Waals surface area contributed by atoms with Crippen molar-refractivity contribution in [1.29, 1.82) is 0 Å². The Morgan fingerprint density at radius 2 is 1.83 bits per heavy atom. The molecule has 0 aromatic rings. The summed E-state index contributed by atoms with van der Waals surface area (Å²) in [4.78, 5) is 24.7. The molecule has 0 heterocycles. The molecule has 0 fully saturated rings. The summed E-state index contributed by atoms with van der Waals surface area (Å²) in [7, 11) is 3.48. The van der Waals surface area contributed by atoms with Crippen LogP contribution in [0.2, 0.25) is 0 Å². The lowest BCUT2D eigenvalue weighted by Gasteiger charge is -2.21. The maximum absolute atomic E-state index is 11.8. The molecule has 1 N–H and O–H groups in total. The monoisotopic (exact) mass is 258 g/mol. The second kappa shape index (κ2) is 7.24. The van der Waals surface area contributed by atoms with Crippen molar-refractivity contribution in [2.75, 3.05) is 20.6 Å². The number of amides is 2. The van der Waals surface area contributed by atoms with Crippen molar-refractivity contribution in [1.82, 2.24) is 10.2 Å². The molecule has 0 rings (SSSR count). The molecule has 0 saturated heterocycles. The summed E-state index contributed by atoms with van der Waals surface area (Å²) in [5.41, 5.74) is -0.492. The Morgan fingerprint density at radius 3 is 2.22 bits per heavy atom. The van der Waals surface area contributed by atoms with Gasteiger partial charge in [0.05, 0.1) is 0 Å². The molecule has 0 aromatic heterocycles. The van der Waals surface area contributed by atoms with Gasteiger partial charge in [-0.15, -0.1) is 0 Å². The predicted molar refractivity (Wildman–Crippen MR) is 71.3 cm³/mol. The Morgan fingerprint density at radius 1 is 1.28 bits per heavy atom. The van der Waals surface area contributed by atoms with Crippen LogP contribution in [-0.2, 0) is 9.53 Å². The van der Waals surface area contributed by atoms with Crippen LogP contribution in [0.1, 0.15) is 40.5 Å². The highest BCUT2D eigenvalue weighted by molar-refractivity contribution is 5.78. The first-order valence-electron chi connectivity index (χ1n) is 6.35. The van der Waals surface area contributed by atoms with Crippen LogP contribution in [0, 0.1) is 5.92 Å². The minimum absolute atomic E-state index is 0.0464. The third kappa shape index (κ3) is 7.14. The molecule has 0 spiro atoms. The molecule has 0 aliphatic carbocycles. The molecule has 0 aliphatic rings. The van der Waals surface area contributed by atoms with E-state index in [1.165, 1.54) is 0 Å². The third-order valence-corrected chi connectivity index (χ3v) is 2.44. The van der Waals surface area contributed by atoms with Gasteiger partial charge in [0, 0.05) is 26.6 Å². The van der Waals surface area contributed by atoms with Gasteiger partial charge in [-0.25, -0.2) is 4.79 Å². The summed E-state index contributed by atoms with van der Waals surface area (Å²) in [5, 5.41) is 2.67. The summed E-state index contributed by atoms with van der Waals surface area (Å²) < 4.78 is 5.12. The van der Waals surface area contributed by atoms with Crippen LogP contribution in [0.5, 0.6) is 0 Å². The number of hydrogen-bond acceptors (Lipinski definition) is 3. The summed E-state index contributed by atoms with van der Waals surface area (Å²) in [6.07, 6.45) is 0.967. The van der Waals surface area contributed by atoms with E-state index in [1.807, 2.05) is 27.7 Å². The van der Waals surface area contributed by atoms with Gasteiger partial charge in [0.1, 0.15) is 5.60 Å². The molecule has 1 unspecified atom stereocenters. The molecule has 106 valence electrons. The Bertz CT molecular complexity index is 282. The lowest BCUT2D eigenvalue weighted by molar-refractivity contribution is -0.133. The van der Waals surface area contributed by atoms with Gasteiger partial charge >= 0.3 is 6.09 Å². The minimum atomic E-state index is -0.492. The zero-order valence-corrected chi connectivity index (χ0v) is 12.4. The largest absolute Gasteiger partial charge is 0.444 e. The Balaban J connectivity index is 4.02. The maximum atomic E-state index is 11.8. The van der Waals surface area contributed by atoms with Crippen molar-refractivity contribution in [3.8, 4) is 0 Å². The van der Waals surface area contributed by atoms with E-state index >= 15 is 0 Å². The van der Waals surface area contributed by atoms with Crippen molar-refractivity contribution < 1.29 is 14.3 Å². The lowest BCUT2D eigenvalue weighted by Crippen LogP contribution is -2.35. The van der Waals surface area contributed by atoms with Gasteiger partial charge < -0.3 is 15.0 Å². The summed E-state index contributed by atoms with van der Waals surface area (Å²) in [6.45, 7) is 7.87. The van der Waals surface area contributed by atoms with Gasteiger partial charge in [-0.1, -0.05) is 6.92 Å². The van der Waals surface area contributed by atoms with E-state index < -0.39 is 11.7 Å². The molecular weight excluding hydrogens is 232 g/mol. The van der Waals surface area contributed by atoms with E-state index in [-0.39, 0.29) is 11.8 Å².